The first kappa shape index (κ1) is 12.8. The van der Waals surface area contributed by atoms with Gasteiger partial charge >= 0.3 is 0 Å². The highest BCUT2D eigenvalue weighted by Gasteiger charge is 2.31. The molecule has 1 aromatic heterocycles. The summed E-state index contributed by atoms with van der Waals surface area (Å²) in [5, 5.41) is 5.04. The van der Waals surface area contributed by atoms with E-state index in [1.807, 2.05) is 23.5 Å². The first-order valence-electron chi connectivity index (χ1n) is 6.56. The number of aromatic nitrogens is 2. The van der Waals surface area contributed by atoms with Gasteiger partial charge in [0.25, 0.3) is 0 Å². The van der Waals surface area contributed by atoms with Crippen molar-refractivity contribution >= 4 is 23.5 Å². The van der Waals surface area contributed by atoms with Crippen LogP contribution >= 0.6 is 23.5 Å². The minimum Gasteiger partial charge on any atom is -0.338 e. The number of rotatable bonds is 4. The molecule has 3 unspecified atom stereocenters. The van der Waals surface area contributed by atoms with E-state index in [1.54, 1.807) is 0 Å². The van der Waals surface area contributed by atoms with E-state index < -0.39 is 0 Å². The van der Waals surface area contributed by atoms with Crippen LogP contribution in [0, 0.1) is 5.92 Å². The second kappa shape index (κ2) is 5.43. The Morgan fingerprint density at radius 2 is 2.17 bits per heavy atom. The third-order valence-electron chi connectivity index (χ3n) is 3.50. The van der Waals surface area contributed by atoms with Crippen LogP contribution in [-0.4, -0.2) is 26.9 Å². The Hall–Kier alpha value is -0.200. The molecule has 2 heterocycles. The molecule has 2 aliphatic rings. The summed E-state index contributed by atoms with van der Waals surface area (Å²) in [4.78, 5) is 4.53. The van der Waals surface area contributed by atoms with Crippen molar-refractivity contribution in [3.05, 3.63) is 11.7 Å². The second-order valence-electron chi connectivity index (χ2n) is 5.14. The van der Waals surface area contributed by atoms with Gasteiger partial charge in [-0.2, -0.15) is 16.7 Å². The van der Waals surface area contributed by atoms with Gasteiger partial charge in [-0.3, -0.25) is 0 Å². The zero-order chi connectivity index (χ0) is 12.5. The zero-order valence-electron chi connectivity index (χ0n) is 10.5. The first-order valence-corrected chi connectivity index (χ1v) is 8.66. The van der Waals surface area contributed by atoms with Gasteiger partial charge in [0.05, 0.1) is 11.3 Å². The van der Waals surface area contributed by atoms with Crippen LogP contribution in [0.4, 0.5) is 0 Å². The smallest absolute Gasteiger partial charge is 0.243 e. The molecule has 0 spiro atoms. The number of thioether (sulfide) groups is 2. The number of hydrogen-bond donors (Lipinski definition) is 1. The molecule has 6 heteroatoms. The highest BCUT2D eigenvalue weighted by Crippen LogP contribution is 2.42. The lowest BCUT2D eigenvalue weighted by Gasteiger charge is -2.24. The Morgan fingerprint density at radius 1 is 1.39 bits per heavy atom. The largest absolute Gasteiger partial charge is 0.338 e. The fraction of sp³-hybridized carbons (Fsp3) is 0.833. The third-order valence-corrected chi connectivity index (χ3v) is 6.59. The maximum Gasteiger partial charge on any atom is 0.243 e. The van der Waals surface area contributed by atoms with Crippen molar-refractivity contribution in [3.8, 4) is 0 Å². The van der Waals surface area contributed by atoms with Crippen LogP contribution in [0.1, 0.15) is 49.2 Å². The van der Waals surface area contributed by atoms with Crippen molar-refractivity contribution in [2.24, 2.45) is 11.7 Å². The van der Waals surface area contributed by atoms with Gasteiger partial charge in [0, 0.05) is 16.8 Å². The summed E-state index contributed by atoms with van der Waals surface area (Å²) in [6, 6.07) is -0.0738. The molecule has 1 aliphatic carbocycles. The Morgan fingerprint density at radius 3 is 2.89 bits per heavy atom. The van der Waals surface area contributed by atoms with Crippen LogP contribution in [-0.2, 0) is 0 Å². The van der Waals surface area contributed by atoms with Crippen LogP contribution < -0.4 is 5.73 Å². The van der Waals surface area contributed by atoms with Crippen molar-refractivity contribution in [1.82, 2.24) is 10.1 Å². The standard InChI is InChI=1S/C12H19N3OS2/c1-7-10(18-5-4-17-7)11-14-12(16-15-11)9(13)6-8-2-3-8/h7-10H,2-6,13H2,1H3. The number of nitrogens with zero attached hydrogens (tertiary/aromatic N) is 2. The summed E-state index contributed by atoms with van der Waals surface area (Å²) in [5.74, 6) is 4.63. The molecular weight excluding hydrogens is 266 g/mol. The molecule has 0 bridgehead atoms. The van der Waals surface area contributed by atoms with Crippen LogP contribution in [0.5, 0.6) is 0 Å². The second-order valence-corrected chi connectivity index (χ2v) is 7.88. The van der Waals surface area contributed by atoms with Crippen molar-refractivity contribution in [3.63, 3.8) is 0 Å². The molecule has 0 radical (unpaired) electrons. The van der Waals surface area contributed by atoms with Crippen LogP contribution in [0.2, 0.25) is 0 Å². The number of nitrogens with two attached hydrogens (primary N) is 1. The molecular formula is C12H19N3OS2. The Labute approximate surface area is 116 Å². The molecule has 1 saturated heterocycles. The van der Waals surface area contributed by atoms with E-state index in [0.29, 0.717) is 16.4 Å². The molecule has 4 nitrogen and oxygen atoms in total. The molecule has 1 saturated carbocycles. The monoisotopic (exact) mass is 285 g/mol. The predicted molar refractivity (Wildman–Crippen MR) is 75.7 cm³/mol. The fourth-order valence-electron chi connectivity index (χ4n) is 2.24. The number of hydrogen-bond acceptors (Lipinski definition) is 6. The molecule has 100 valence electrons. The van der Waals surface area contributed by atoms with E-state index in [2.05, 4.69) is 17.1 Å². The predicted octanol–water partition coefficient (Wildman–Crippen LogP) is 2.78. The quantitative estimate of drug-likeness (QED) is 0.917. The van der Waals surface area contributed by atoms with E-state index in [1.165, 1.54) is 18.6 Å². The summed E-state index contributed by atoms with van der Waals surface area (Å²) < 4.78 is 5.35. The molecule has 3 rings (SSSR count). The molecule has 18 heavy (non-hydrogen) atoms. The van der Waals surface area contributed by atoms with Gasteiger partial charge in [-0.05, 0) is 12.3 Å². The summed E-state index contributed by atoms with van der Waals surface area (Å²) >= 11 is 3.91. The average Bonchev–Trinajstić information content (AvgIpc) is 3.04. The SMILES string of the molecule is CC1SCCSC1c1noc(C(N)CC2CC2)n1. The molecule has 2 fully saturated rings. The summed E-state index contributed by atoms with van der Waals surface area (Å²) in [6.45, 7) is 2.24. The average molecular weight is 285 g/mol. The normalized spacial score (nSPS) is 30.3. The van der Waals surface area contributed by atoms with Crippen molar-refractivity contribution in [2.45, 2.75) is 42.7 Å². The Bertz CT molecular complexity index is 408. The van der Waals surface area contributed by atoms with Gasteiger partial charge in [-0.25, -0.2) is 0 Å². The highest BCUT2D eigenvalue weighted by molar-refractivity contribution is 8.06. The summed E-state index contributed by atoms with van der Waals surface area (Å²) in [6.07, 6.45) is 3.60. The fourth-order valence-corrected chi connectivity index (χ4v) is 4.92. The van der Waals surface area contributed by atoms with E-state index in [-0.39, 0.29) is 6.04 Å². The zero-order valence-corrected chi connectivity index (χ0v) is 12.2. The molecule has 3 atom stereocenters. The van der Waals surface area contributed by atoms with Gasteiger partial charge in [0.2, 0.25) is 5.89 Å². The first-order chi connectivity index (χ1) is 8.74. The van der Waals surface area contributed by atoms with Crippen molar-refractivity contribution < 1.29 is 4.52 Å². The summed E-state index contributed by atoms with van der Waals surface area (Å²) in [5.41, 5.74) is 6.11. The molecule has 1 aromatic rings. The van der Waals surface area contributed by atoms with Gasteiger partial charge in [-0.15, -0.1) is 11.8 Å². The van der Waals surface area contributed by atoms with Gasteiger partial charge in [0.1, 0.15) is 0 Å². The molecule has 1 aliphatic heterocycles. The van der Waals surface area contributed by atoms with Crippen molar-refractivity contribution in [1.29, 1.82) is 0 Å². The van der Waals surface area contributed by atoms with Gasteiger partial charge < -0.3 is 10.3 Å². The van der Waals surface area contributed by atoms with E-state index in [0.717, 1.165) is 23.9 Å². The molecule has 2 N–H and O–H groups in total. The highest BCUT2D eigenvalue weighted by atomic mass is 32.2. The topological polar surface area (TPSA) is 64.9 Å². The van der Waals surface area contributed by atoms with Crippen LogP contribution in [0.15, 0.2) is 4.52 Å². The van der Waals surface area contributed by atoms with E-state index in [4.69, 9.17) is 10.3 Å². The lowest BCUT2D eigenvalue weighted by atomic mass is 10.1. The lowest BCUT2D eigenvalue weighted by Crippen LogP contribution is -2.17. The maximum atomic E-state index is 6.11. The Kier molecular flexibility index (Phi) is 3.86. The minimum absolute atomic E-state index is 0.0738. The van der Waals surface area contributed by atoms with E-state index >= 15 is 0 Å². The molecule has 0 amide bonds. The third kappa shape index (κ3) is 2.86. The molecule has 0 aromatic carbocycles. The van der Waals surface area contributed by atoms with Gasteiger partial charge in [-0.1, -0.05) is 24.9 Å². The Balaban J connectivity index is 1.67. The minimum atomic E-state index is -0.0738. The maximum absolute atomic E-state index is 6.11. The van der Waals surface area contributed by atoms with Crippen molar-refractivity contribution in [2.75, 3.05) is 11.5 Å². The van der Waals surface area contributed by atoms with Crippen LogP contribution in [0.3, 0.4) is 0 Å². The van der Waals surface area contributed by atoms with Crippen LogP contribution in [0.25, 0.3) is 0 Å². The summed E-state index contributed by atoms with van der Waals surface area (Å²) in [7, 11) is 0. The van der Waals surface area contributed by atoms with Gasteiger partial charge in [0.15, 0.2) is 5.82 Å². The lowest BCUT2D eigenvalue weighted by molar-refractivity contribution is 0.340. The van der Waals surface area contributed by atoms with E-state index in [9.17, 15) is 0 Å².